The fraction of sp³-hybridized carbons (Fsp3) is 0.524. The van der Waals surface area contributed by atoms with Crippen LogP contribution in [0.25, 0.3) is 0 Å². The summed E-state index contributed by atoms with van der Waals surface area (Å²) in [5.41, 5.74) is 3.44. The van der Waals surface area contributed by atoms with Crippen molar-refractivity contribution in [1.82, 2.24) is 15.2 Å². The van der Waals surface area contributed by atoms with Gasteiger partial charge in [0, 0.05) is 39.7 Å². The van der Waals surface area contributed by atoms with Crippen LogP contribution >= 0.6 is 11.3 Å². The maximum Gasteiger partial charge on any atom is 0.194 e. The molecule has 7 heteroatoms. The number of ether oxygens (including phenoxy) is 2. The predicted molar refractivity (Wildman–Crippen MR) is 116 cm³/mol. The summed E-state index contributed by atoms with van der Waals surface area (Å²) in [7, 11) is 5.52. The van der Waals surface area contributed by atoms with Crippen LogP contribution in [-0.2, 0) is 29.2 Å². The molecule has 0 aliphatic carbocycles. The van der Waals surface area contributed by atoms with Gasteiger partial charge in [0.25, 0.3) is 0 Å². The lowest BCUT2D eigenvalue weighted by Crippen LogP contribution is -2.38. The summed E-state index contributed by atoms with van der Waals surface area (Å²) in [5.74, 6) is 0.832. The molecule has 2 aromatic rings. The number of methoxy groups -OCH3 is 1. The third kappa shape index (κ3) is 6.58. The van der Waals surface area contributed by atoms with Crippen LogP contribution in [0.3, 0.4) is 0 Å². The largest absolute Gasteiger partial charge is 0.377 e. The van der Waals surface area contributed by atoms with Gasteiger partial charge in [0.05, 0.1) is 18.8 Å². The molecule has 1 aromatic heterocycles. The van der Waals surface area contributed by atoms with Gasteiger partial charge >= 0.3 is 0 Å². The highest BCUT2D eigenvalue weighted by atomic mass is 32.1. The number of nitrogens with zero attached hydrogens (tertiary/aromatic N) is 3. The normalized spacial score (nSPS) is 12.8. The van der Waals surface area contributed by atoms with Crippen LogP contribution in [-0.4, -0.2) is 43.7 Å². The first-order valence-corrected chi connectivity index (χ1v) is 10.5. The zero-order chi connectivity index (χ0) is 20.4. The van der Waals surface area contributed by atoms with Gasteiger partial charge in [-0.25, -0.2) is 4.98 Å². The van der Waals surface area contributed by atoms with Gasteiger partial charge in [0.2, 0.25) is 0 Å². The number of nitrogens with one attached hydrogen (secondary N) is 1. The van der Waals surface area contributed by atoms with E-state index in [4.69, 9.17) is 9.47 Å². The minimum Gasteiger partial charge on any atom is -0.377 e. The van der Waals surface area contributed by atoms with E-state index in [1.54, 1.807) is 25.5 Å². The highest BCUT2D eigenvalue weighted by Gasteiger charge is 2.13. The summed E-state index contributed by atoms with van der Waals surface area (Å²) in [6, 6.07) is 8.35. The summed E-state index contributed by atoms with van der Waals surface area (Å²) in [4.78, 5) is 11.2. The van der Waals surface area contributed by atoms with Gasteiger partial charge in [-0.3, -0.25) is 4.99 Å². The van der Waals surface area contributed by atoms with Gasteiger partial charge < -0.3 is 19.7 Å². The Morgan fingerprint density at radius 3 is 2.75 bits per heavy atom. The lowest BCUT2D eigenvalue weighted by atomic mass is 10.1. The van der Waals surface area contributed by atoms with Gasteiger partial charge in [-0.05, 0) is 24.5 Å². The number of guanidine groups is 1. The second-order valence-electron chi connectivity index (χ2n) is 6.63. The Balaban J connectivity index is 1.94. The fourth-order valence-corrected chi connectivity index (χ4v) is 3.60. The van der Waals surface area contributed by atoms with E-state index in [9.17, 15) is 0 Å². The van der Waals surface area contributed by atoms with Crippen molar-refractivity contribution in [1.29, 1.82) is 0 Å². The monoisotopic (exact) mass is 404 g/mol. The lowest BCUT2D eigenvalue weighted by Gasteiger charge is -2.22. The van der Waals surface area contributed by atoms with Crippen molar-refractivity contribution >= 4 is 17.3 Å². The third-order valence-electron chi connectivity index (χ3n) is 4.40. The Hall–Kier alpha value is -1.96. The molecule has 1 unspecified atom stereocenters. The molecule has 0 radical (unpaired) electrons. The summed E-state index contributed by atoms with van der Waals surface area (Å²) < 4.78 is 11.1. The van der Waals surface area contributed by atoms with E-state index in [0.717, 1.165) is 29.7 Å². The summed E-state index contributed by atoms with van der Waals surface area (Å²) in [6.45, 7) is 6.94. The van der Waals surface area contributed by atoms with Gasteiger partial charge in [0.15, 0.2) is 5.96 Å². The standard InChI is InChI=1S/C21H32N4O2S/c1-6-11-27-14-18-10-8-7-9-17(18)12-23-21(22-3)25(4)13-19-15-28-20(24-19)16(2)26-5/h7-10,15-16H,6,11-14H2,1-5H3,(H,22,23). The van der Waals surface area contributed by atoms with Gasteiger partial charge in [-0.1, -0.05) is 31.2 Å². The number of hydrogen-bond donors (Lipinski definition) is 1. The second-order valence-corrected chi connectivity index (χ2v) is 7.52. The number of benzene rings is 1. The van der Waals surface area contributed by atoms with Crippen LogP contribution < -0.4 is 5.32 Å². The molecule has 0 saturated heterocycles. The van der Waals surface area contributed by atoms with Crippen molar-refractivity contribution in [2.45, 2.75) is 46.1 Å². The molecule has 1 N–H and O–H groups in total. The van der Waals surface area contributed by atoms with Crippen LogP contribution in [0.2, 0.25) is 0 Å². The first kappa shape index (κ1) is 22.3. The Kier molecular flexibility index (Phi) is 9.40. The number of rotatable bonds is 10. The van der Waals surface area contributed by atoms with Gasteiger partial charge in [-0.2, -0.15) is 0 Å². The van der Waals surface area contributed by atoms with Crippen LogP contribution in [0.1, 0.15) is 48.2 Å². The van der Waals surface area contributed by atoms with Crippen molar-refractivity contribution in [2.24, 2.45) is 4.99 Å². The maximum absolute atomic E-state index is 5.71. The molecule has 0 saturated carbocycles. The van der Waals surface area contributed by atoms with Crippen LogP contribution in [0, 0.1) is 0 Å². The molecule has 1 aromatic carbocycles. The smallest absolute Gasteiger partial charge is 0.194 e. The average Bonchev–Trinajstić information content (AvgIpc) is 3.17. The second kappa shape index (κ2) is 11.8. The van der Waals surface area contributed by atoms with Crippen LogP contribution in [0.4, 0.5) is 0 Å². The van der Waals surface area contributed by atoms with E-state index in [2.05, 4.69) is 56.8 Å². The predicted octanol–water partition coefficient (Wildman–Crippen LogP) is 3.98. The molecule has 0 amide bonds. The van der Waals surface area contributed by atoms with Crippen molar-refractivity contribution < 1.29 is 9.47 Å². The van der Waals surface area contributed by atoms with E-state index in [1.165, 1.54) is 11.1 Å². The van der Waals surface area contributed by atoms with E-state index < -0.39 is 0 Å². The van der Waals surface area contributed by atoms with E-state index in [-0.39, 0.29) is 6.10 Å². The Morgan fingerprint density at radius 2 is 2.07 bits per heavy atom. The maximum atomic E-state index is 5.71. The quantitative estimate of drug-likeness (QED) is 0.369. The molecule has 1 atom stereocenters. The Labute approximate surface area is 172 Å². The van der Waals surface area contributed by atoms with E-state index in [1.807, 2.05) is 14.0 Å². The fourth-order valence-electron chi connectivity index (χ4n) is 2.76. The summed E-state index contributed by atoms with van der Waals surface area (Å²) >= 11 is 1.63. The van der Waals surface area contributed by atoms with Crippen molar-refractivity contribution in [3.05, 3.63) is 51.5 Å². The zero-order valence-corrected chi connectivity index (χ0v) is 18.4. The molecule has 0 spiro atoms. The molecule has 0 fully saturated rings. The van der Waals surface area contributed by atoms with Gasteiger partial charge in [-0.15, -0.1) is 11.3 Å². The van der Waals surface area contributed by atoms with Crippen LogP contribution in [0.5, 0.6) is 0 Å². The Morgan fingerprint density at radius 1 is 1.32 bits per heavy atom. The van der Waals surface area contributed by atoms with E-state index >= 15 is 0 Å². The minimum absolute atomic E-state index is 0.0212. The topological polar surface area (TPSA) is 59.0 Å². The molecule has 0 bridgehead atoms. The van der Waals surface area contributed by atoms with Crippen molar-refractivity contribution in [2.75, 3.05) is 27.8 Å². The van der Waals surface area contributed by atoms with Gasteiger partial charge in [0.1, 0.15) is 11.1 Å². The molecule has 28 heavy (non-hydrogen) atoms. The molecule has 6 nitrogen and oxygen atoms in total. The molecule has 2 rings (SSSR count). The number of aromatic nitrogens is 1. The SMILES string of the molecule is CCCOCc1ccccc1CNC(=NC)N(C)Cc1csc(C(C)OC)n1. The molecule has 154 valence electrons. The molecular formula is C21H32N4O2S. The summed E-state index contributed by atoms with van der Waals surface area (Å²) in [6.07, 6.45) is 1.05. The first-order chi connectivity index (χ1) is 13.6. The average molecular weight is 405 g/mol. The van der Waals surface area contributed by atoms with Crippen molar-refractivity contribution in [3.8, 4) is 0 Å². The first-order valence-electron chi connectivity index (χ1n) is 9.62. The summed E-state index contributed by atoms with van der Waals surface area (Å²) in [5, 5.41) is 6.52. The Bertz CT molecular complexity index is 748. The third-order valence-corrected chi connectivity index (χ3v) is 5.46. The number of thiazole rings is 1. The zero-order valence-electron chi connectivity index (χ0n) is 17.6. The van der Waals surface area contributed by atoms with Crippen molar-refractivity contribution in [3.63, 3.8) is 0 Å². The molecule has 0 aliphatic heterocycles. The minimum atomic E-state index is 0.0212. The highest BCUT2D eigenvalue weighted by Crippen LogP contribution is 2.21. The van der Waals surface area contributed by atoms with E-state index in [0.29, 0.717) is 19.7 Å². The molecule has 1 heterocycles. The molecular weight excluding hydrogens is 372 g/mol. The number of aliphatic imine (C=N–C) groups is 1. The van der Waals surface area contributed by atoms with Crippen LogP contribution in [0.15, 0.2) is 34.6 Å². The highest BCUT2D eigenvalue weighted by molar-refractivity contribution is 7.09. The molecule has 0 aliphatic rings. The lowest BCUT2D eigenvalue weighted by molar-refractivity contribution is 0.119. The number of hydrogen-bond acceptors (Lipinski definition) is 5.